The summed E-state index contributed by atoms with van der Waals surface area (Å²) in [6.45, 7) is 6.34. The number of likely N-dealkylation sites (tertiary alicyclic amines) is 1. The SMILES string of the molecule is CCCC1CCN(CC2CCCC(N)C2)C1. The lowest BCUT2D eigenvalue weighted by molar-refractivity contribution is 0.216. The Morgan fingerprint density at radius 3 is 2.81 bits per heavy atom. The van der Waals surface area contributed by atoms with E-state index in [9.17, 15) is 0 Å². The second-order valence-corrected chi connectivity index (χ2v) is 6.00. The summed E-state index contributed by atoms with van der Waals surface area (Å²) >= 11 is 0. The fourth-order valence-corrected chi connectivity index (χ4v) is 3.59. The number of nitrogens with two attached hydrogens (primary N) is 1. The van der Waals surface area contributed by atoms with E-state index in [-0.39, 0.29) is 0 Å². The van der Waals surface area contributed by atoms with Crippen molar-refractivity contribution >= 4 is 0 Å². The first-order valence-electron chi connectivity index (χ1n) is 7.26. The molecule has 94 valence electrons. The van der Waals surface area contributed by atoms with Crippen molar-refractivity contribution in [3.8, 4) is 0 Å². The lowest BCUT2D eigenvalue weighted by Gasteiger charge is -2.30. The minimum Gasteiger partial charge on any atom is -0.328 e. The van der Waals surface area contributed by atoms with Gasteiger partial charge in [-0.3, -0.25) is 0 Å². The number of rotatable bonds is 4. The van der Waals surface area contributed by atoms with E-state index in [0.29, 0.717) is 6.04 Å². The summed E-state index contributed by atoms with van der Waals surface area (Å²) < 4.78 is 0. The third-order valence-corrected chi connectivity index (χ3v) is 4.41. The maximum atomic E-state index is 6.06. The van der Waals surface area contributed by atoms with Crippen LogP contribution >= 0.6 is 0 Å². The Morgan fingerprint density at radius 2 is 2.06 bits per heavy atom. The zero-order valence-corrected chi connectivity index (χ0v) is 10.8. The van der Waals surface area contributed by atoms with Crippen molar-refractivity contribution in [2.75, 3.05) is 19.6 Å². The minimum absolute atomic E-state index is 0.493. The highest BCUT2D eigenvalue weighted by Gasteiger charge is 2.26. The van der Waals surface area contributed by atoms with E-state index in [1.54, 1.807) is 0 Å². The molecule has 3 unspecified atom stereocenters. The van der Waals surface area contributed by atoms with Gasteiger partial charge in [0.25, 0.3) is 0 Å². The number of nitrogens with zero attached hydrogens (tertiary/aromatic N) is 1. The molecule has 16 heavy (non-hydrogen) atoms. The Kier molecular flexibility index (Phi) is 4.66. The molecule has 3 atom stereocenters. The number of hydrogen-bond donors (Lipinski definition) is 1. The molecule has 2 fully saturated rings. The predicted molar refractivity (Wildman–Crippen MR) is 69.4 cm³/mol. The second kappa shape index (κ2) is 6.02. The van der Waals surface area contributed by atoms with Gasteiger partial charge in [0, 0.05) is 19.1 Å². The molecule has 0 radical (unpaired) electrons. The van der Waals surface area contributed by atoms with Crippen molar-refractivity contribution < 1.29 is 0 Å². The third-order valence-electron chi connectivity index (χ3n) is 4.41. The Labute approximate surface area is 101 Å². The highest BCUT2D eigenvalue weighted by molar-refractivity contribution is 4.81. The molecule has 2 aliphatic rings. The molecule has 0 amide bonds. The first-order valence-corrected chi connectivity index (χ1v) is 7.26. The molecule has 1 aliphatic heterocycles. The molecule has 0 aromatic carbocycles. The van der Waals surface area contributed by atoms with Gasteiger partial charge in [-0.1, -0.05) is 19.8 Å². The average Bonchev–Trinajstić information content (AvgIpc) is 2.66. The first kappa shape index (κ1) is 12.4. The summed E-state index contributed by atoms with van der Waals surface area (Å²) in [4.78, 5) is 2.70. The topological polar surface area (TPSA) is 29.3 Å². The van der Waals surface area contributed by atoms with Crippen molar-refractivity contribution in [1.29, 1.82) is 0 Å². The Hall–Kier alpha value is -0.0800. The van der Waals surface area contributed by atoms with Crippen molar-refractivity contribution in [3.05, 3.63) is 0 Å². The zero-order valence-electron chi connectivity index (χ0n) is 10.8. The van der Waals surface area contributed by atoms with Crippen LogP contribution in [0.25, 0.3) is 0 Å². The van der Waals surface area contributed by atoms with Gasteiger partial charge in [-0.15, -0.1) is 0 Å². The molecule has 1 heterocycles. The molecule has 0 aromatic rings. The lowest BCUT2D eigenvalue weighted by atomic mass is 9.86. The number of hydrogen-bond acceptors (Lipinski definition) is 2. The van der Waals surface area contributed by atoms with Crippen LogP contribution < -0.4 is 5.73 Å². The molecular weight excluding hydrogens is 196 g/mol. The van der Waals surface area contributed by atoms with Crippen LogP contribution in [0, 0.1) is 11.8 Å². The van der Waals surface area contributed by atoms with Crippen LogP contribution in [-0.2, 0) is 0 Å². The summed E-state index contributed by atoms with van der Waals surface area (Å²) in [6.07, 6.45) is 9.53. The van der Waals surface area contributed by atoms with Crippen LogP contribution in [0.15, 0.2) is 0 Å². The summed E-state index contributed by atoms with van der Waals surface area (Å²) in [5.41, 5.74) is 6.06. The maximum Gasteiger partial charge on any atom is 0.00419 e. The predicted octanol–water partition coefficient (Wildman–Crippen LogP) is 2.63. The molecule has 0 bridgehead atoms. The highest BCUT2D eigenvalue weighted by Crippen LogP contribution is 2.27. The minimum atomic E-state index is 0.493. The van der Waals surface area contributed by atoms with Crippen LogP contribution in [-0.4, -0.2) is 30.6 Å². The average molecular weight is 224 g/mol. The quantitative estimate of drug-likeness (QED) is 0.795. The van der Waals surface area contributed by atoms with E-state index >= 15 is 0 Å². The van der Waals surface area contributed by atoms with E-state index in [1.165, 1.54) is 64.6 Å². The van der Waals surface area contributed by atoms with Gasteiger partial charge in [-0.05, 0) is 50.5 Å². The van der Waals surface area contributed by atoms with Crippen molar-refractivity contribution in [2.24, 2.45) is 17.6 Å². The molecular formula is C14H28N2. The van der Waals surface area contributed by atoms with E-state index in [4.69, 9.17) is 5.73 Å². The largest absolute Gasteiger partial charge is 0.328 e. The molecule has 1 saturated carbocycles. The third kappa shape index (κ3) is 3.46. The van der Waals surface area contributed by atoms with Crippen molar-refractivity contribution in [2.45, 2.75) is 57.9 Å². The summed E-state index contributed by atoms with van der Waals surface area (Å²) in [7, 11) is 0. The fourth-order valence-electron chi connectivity index (χ4n) is 3.59. The maximum absolute atomic E-state index is 6.06. The van der Waals surface area contributed by atoms with Crippen LogP contribution in [0.3, 0.4) is 0 Å². The molecule has 1 aliphatic carbocycles. The lowest BCUT2D eigenvalue weighted by Crippen LogP contribution is -2.35. The molecule has 2 N–H and O–H groups in total. The Bertz CT molecular complexity index is 205. The Balaban J connectivity index is 1.70. The summed E-state index contributed by atoms with van der Waals surface area (Å²) in [6, 6.07) is 0.493. The fraction of sp³-hybridized carbons (Fsp3) is 1.00. The second-order valence-electron chi connectivity index (χ2n) is 6.00. The van der Waals surface area contributed by atoms with Gasteiger partial charge in [0.2, 0.25) is 0 Å². The van der Waals surface area contributed by atoms with Crippen molar-refractivity contribution in [1.82, 2.24) is 4.90 Å². The normalized spacial score (nSPS) is 36.8. The van der Waals surface area contributed by atoms with E-state index in [2.05, 4.69) is 11.8 Å². The van der Waals surface area contributed by atoms with E-state index in [0.717, 1.165) is 11.8 Å². The van der Waals surface area contributed by atoms with Crippen LogP contribution in [0.5, 0.6) is 0 Å². The monoisotopic (exact) mass is 224 g/mol. The summed E-state index contributed by atoms with van der Waals surface area (Å²) in [5, 5.41) is 0. The Morgan fingerprint density at radius 1 is 1.19 bits per heavy atom. The molecule has 0 aromatic heterocycles. The standard InChI is InChI=1S/C14H28N2/c1-2-4-12-7-8-16(10-12)11-13-5-3-6-14(15)9-13/h12-14H,2-11,15H2,1H3. The molecule has 2 heteroatoms. The highest BCUT2D eigenvalue weighted by atomic mass is 15.1. The molecule has 1 saturated heterocycles. The van der Waals surface area contributed by atoms with Gasteiger partial charge in [0.05, 0.1) is 0 Å². The van der Waals surface area contributed by atoms with Crippen molar-refractivity contribution in [3.63, 3.8) is 0 Å². The molecule has 0 spiro atoms. The van der Waals surface area contributed by atoms with Gasteiger partial charge in [0.1, 0.15) is 0 Å². The smallest absolute Gasteiger partial charge is 0.00419 e. The van der Waals surface area contributed by atoms with Crippen LogP contribution in [0.1, 0.15) is 51.9 Å². The first-order chi connectivity index (χ1) is 7.78. The van der Waals surface area contributed by atoms with Gasteiger partial charge < -0.3 is 10.6 Å². The zero-order chi connectivity index (χ0) is 11.4. The van der Waals surface area contributed by atoms with Gasteiger partial charge in [-0.25, -0.2) is 0 Å². The molecule has 2 nitrogen and oxygen atoms in total. The summed E-state index contributed by atoms with van der Waals surface area (Å²) in [5.74, 6) is 1.88. The van der Waals surface area contributed by atoms with Gasteiger partial charge in [-0.2, -0.15) is 0 Å². The van der Waals surface area contributed by atoms with Crippen LogP contribution in [0.2, 0.25) is 0 Å². The van der Waals surface area contributed by atoms with Gasteiger partial charge in [0.15, 0.2) is 0 Å². The van der Waals surface area contributed by atoms with Gasteiger partial charge >= 0.3 is 0 Å². The van der Waals surface area contributed by atoms with E-state index in [1.807, 2.05) is 0 Å². The molecule has 2 rings (SSSR count). The van der Waals surface area contributed by atoms with Crippen LogP contribution in [0.4, 0.5) is 0 Å². The van der Waals surface area contributed by atoms with E-state index < -0.39 is 0 Å².